The van der Waals surface area contributed by atoms with E-state index in [9.17, 15) is 13.2 Å². The molecule has 0 fully saturated rings. The van der Waals surface area contributed by atoms with Crippen LogP contribution in [-0.2, 0) is 12.7 Å². The van der Waals surface area contributed by atoms with Crippen LogP contribution < -0.4 is 15.4 Å². The van der Waals surface area contributed by atoms with E-state index in [1.807, 2.05) is 36.0 Å². The second-order valence-corrected chi connectivity index (χ2v) is 5.31. The predicted octanol–water partition coefficient (Wildman–Crippen LogP) is 3.15. The highest BCUT2D eigenvalue weighted by atomic mass is 127. The molecule has 27 heavy (non-hydrogen) atoms. The molecule has 0 amide bonds. The van der Waals surface area contributed by atoms with Crippen molar-refractivity contribution in [3.63, 3.8) is 0 Å². The molecule has 2 N–H and O–H groups in total. The molecule has 0 unspecified atom stereocenters. The number of ether oxygens (including phenoxy) is 1. The maximum Gasteiger partial charge on any atom is 0.421 e. The van der Waals surface area contributed by atoms with E-state index < -0.39 is 17.6 Å². The Labute approximate surface area is 173 Å². The first-order valence-corrected chi connectivity index (χ1v) is 8.28. The van der Waals surface area contributed by atoms with E-state index >= 15 is 0 Å². The van der Waals surface area contributed by atoms with Crippen molar-refractivity contribution in [1.82, 2.24) is 20.2 Å². The zero-order chi connectivity index (χ0) is 18.8. The van der Waals surface area contributed by atoms with Crippen LogP contribution in [0.3, 0.4) is 0 Å². The third-order valence-electron chi connectivity index (χ3n) is 3.35. The molecule has 2 aromatic heterocycles. The van der Waals surface area contributed by atoms with Crippen LogP contribution in [0, 0.1) is 0 Å². The number of alkyl halides is 3. The highest BCUT2D eigenvalue weighted by Gasteiger charge is 2.34. The number of nitrogens with zero attached hydrogens (tertiary/aromatic N) is 3. The summed E-state index contributed by atoms with van der Waals surface area (Å²) in [4.78, 5) is 8.07. The van der Waals surface area contributed by atoms with Crippen molar-refractivity contribution in [3.8, 4) is 5.88 Å². The monoisotopic (exact) mass is 497 g/mol. The summed E-state index contributed by atoms with van der Waals surface area (Å²) in [5.41, 5.74) is -0.882. The summed E-state index contributed by atoms with van der Waals surface area (Å²) in [6.45, 7) is 4.25. The van der Waals surface area contributed by atoms with Crippen molar-refractivity contribution in [2.24, 2.45) is 4.99 Å². The zero-order valence-corrected chi connectivity index (χ0v) is 17.2. The van der Waals surface area contributed by atoms with Gasteiger partial charge in [0.1, 0.15) is 12.2 Å². The molecule has 150 valence electrons. The number of hydrogen-bond acceptors (Lipinski definition) is 3. The van der Waals surface area contributed by atoms with Crippen LogP contribution in [0.15, 0.2) is 47.8 Å². The fourth-order valence-corrected chi connectivity index (χ4v) is 2.18. The van der Waals surface area contributed by atoms with Gasteiger partial charge >= 0.3 is 6.18 Å². The molecule has 10 heteroatoms. The Morgan fingerprint density at radius 2 is 1.96 bits per heavy atom. The van der Waals surface area contributed by atoms with Crippen LogP contribution >= 0.6 is 24.0 Å². The molecule has 2 rings (SSSR count). The van der Waals surface area contributed by atoms with Gasteiger partial charge in [0, 0.05) is 31.7 Å². The molecule has 0 aliphatic rings. The Kier molecular flexibility index (Phi) is 9.97. The summed E-state index contributed by atoms with van der Waals surface area (Å²) in [7, 11) is 0. The van der Waals surface area contributed by atoms with Crippen LogP contribution in [0.25, 0.3) is 0 Å². The lowest BCUT2D eigenvalue weighted by molar-refractivity contribution is -0.139. The number of halogens is 4. The summed E-state index contributed by atoms with van der Waals surface area (Å²) in [6, 6.07) is 6.06. The molecule has 0 atom stereocenters. The fraction of sp³-hybridized carbons (Fsp3) is 0.412. The lowest BCUT2D eigenvalue weighted by Crippen LogP contribution is -2.39. The second kappa shape index (κ2) is 11.7. The van der Waals surface area contributed by atoms with Gasteiger partial charge in [0.2, 0.25) is 5.88 Å². The highest BCUT2D eigenvalue weighted by molar-refractivity contribution is 14.0. The van der Waals surface area contributed by atoms with Gasteiger partial charge in [-0.25, -0.2) is 4.98 Å². The topological polar surface area (TPSA) is 63.5 Å². The van der Waals surface area contributed by atoms with Crippen molar-refractivity contribution < 1.29 is 17.9 Å². The van der Waals surface area contributed by atoms with E-state index in [-0.39, 0.29) is 30.6 Å². The van der Waals surface area contributed by atoms with Gasteiger partial charge in [0.25, 0.3) is 0 Å². The Morgan fingerprint density at radius 1 is 1.22 bits per heavy atom. The molecule has 2 heterocycles. The lowest BCUT2D eigenvalue weighted by atomic mass is 10.2. The predicted molar refractivity (Wildman–Crippen MR) is 109 cm³/mol. The van der Waals surface area contributed by atoms with E-state index in [1.54, 1.807) is 0 Å². The van der Waals surface area contributed by atoms with Gasteiger partial charge < -0.3 is 19.9 Å². The fourth-order valence-electron chi connectivity index (χ4n) is 2.18. The van der Waals surface area contributed by atoms with Crippen molar-refractivity contribution in [2.75, 3.05) is 26.2 Å². The van der Waals surface area contributed by atoms with Gasteiger partial charge in [0.15, 0.2) is 5.96 Å². The minimum atomic E-state index is -4.49. The Balaban J connectivity index is 0.00000364. The normalized spacial score (nSPS) is 11.6. The van der Waals surface area contributed by atoms with Crippen molar-refractivity contribution in [2.45, 2.75) is 19.6 Å². The summed E-state index contributed by atoms with van der Waals surface area (Å²) in [6.07, 6.45) is 0.681. The Bertz CT molecular complexity index is 692. The van der Waals surface area contributed by atoms with Crippen LogP contribution in [0.2, 0.25) is 0 Å². The molecular weight excluding hydrogens is 474 g/mol. The van der Waals surface area contributed by atoms with Gasteiger partial charge in [-0.1, -0.05) is 0 Å². The Morgan fingerprint density at radius 3 is 2.63 bits per heavy atom. The van der Waals surface area contributed by atoms with Crippen LogP contribution in [0.5, 0.6) is 5.88 Å². The number of guanidine groups is 1. The van der Waals surface area contributed by atoms with Crippen LogP contribution in [0.4, 0.5) is 13.2 Å². The van der Waals surface area contributed by atoms with E-state index in [1.165, 1.54) is 12.3 Å². The highest BCUT2D eigenvalue weighted by Crippen LogP contribution is 2.34. The van der Waals surface area contributed by atoms with E-state index in [4.69, 9.17) is 4.74 Å². The minimum Gasteiger partial charge on any atom is -0.475 e. The van der Waals surface area contributed by atoms with Gasteiger partial charge in [0.05, 0.1) is 13.1 Å². The third kappa shape index (κ3) is 8.06. The molecule has 0 aliphatic carbocycles. The standard InChI is InChI=1S/C17H22F3N5O.HI/c1-2-21-16(23-8-12-25-10-3-4-11-25)24-9-13-26-15-14(17(18,19)20)6-5-7-22-15;/h3-7,10-11H,2,8-9,12-13H2,1H3,(H2,21,23,24);1H. The second-order valence-electron chi connectivity index (χ2n) is 5.31. The first-order valence-electron chi connectivity index (χ1n) is 8.28. The molecule has 6 nitrogen and oxygen atoms in total. The maximum absolute atomic E-state index is 12.9. The number of aliphatic imine (C=N–C) groups is 1. The number of nitrogens with one attached hydrogen (secondary N) is 2. The summed E-state index contributed by atoms with van der Waals surface area (Å²) < 4.78 is 45.8. The van der Waals surface area contributed by atoms with Gasteiger partial charge in [-0.05, 0) is 31.2 Å². The van der Waals surface area contributed by atoms with Crippen LogP contribution in [-0.4, -0.2) is 41.8 Å². The van der Waals surface area contributed by atoms with Gasteiger partial charge in [-0.15, -0.1) is 24.0 Å². The van der Waals surface area contributed by atoms with Crippen molar-refractivity contribution >= 4 is 29.9 Å². The third-order valence-corrected chi connectivity index (χ3v) is 3.35. The van der Waals surface area contributed by atoms with Crippen molar-refractivity contribution in [1.29, 1.82) is 0 Å². The molecular formula is C17H23F3IN5O. The molecule has 0 aromatic carbocycles. The summed E-state index contributed by atoms with van der Waals surface area (Å²) in [5, 5.41) is 6.10. The molecule has 0 aliphatic heterocycles. The van der Waals surface area contributed by atoms with E-state index in [0.717, 1.165) is 12.6 Å². The summed E-state index contributed by atoms with van der Waals surface area (Å²) in [5.74, 6) is 0.164. The molecule has 0 saturated carbocycles. The molecule has 0 bridgehead atoms. The molecule has 0 saturated heterocycles. The number of pyridine rings is 1. The van der Waals surface area contributed by atoms with Gasteiger partial charge in [-0.2, -0.15) is 13.2 Å². The van der Waals surface area contributed by atoms with Crippen LogP contribution in [0.1, 0.15) is 12.5 Å². The van der Waals surface area contributed by atoms with Gasteiger partial charge in [-0.3, -0.25) is 4.99 Å². The van der Waals surface area contributed by atoms with E-state index in [2.05, 4.69) is 20.6 Å². The number of hydrogen-bond donors (Lipinski definition) is 2. The zero-order valence-electron chi connectivity index (χ0n) is 14.9. The Hall–Kier alpha value is -1.98. The molecule has 2 aromatic rings. The maximum atomic E-state index is 12.9. The number of aromatic nitrogens is 2. The number of rotatable bonds is 8. The minimum absolute atomic E-state index is 0. The molecule has 0 radical (unpaired) electrons. The lowest BCUT2D eigenvalue weighted by Gasteiger charge is -2.14. The quantitative estimate of drug-likeness (QED) is 0.255. The first-order chi connectivity index (χ1) is 12.5. The van der Waals surface area contributed by atoms with Crippen molar-refractivity contribution in [3.05, 3.63) is 48.4 Å². The summed E-state index contributed by atoms with van der Waals surface area (Å²) >= 11 is 0. The largest absolute Gasteiger partial charge is 0.475 e. The average Bonchev–Trinajstić information content (AvgIpc) is 3.11. The average molecular weight is 497 g/mol. The molecule has 0 spiro atoms. The smallest absolute Gasteiger partial charge is 0.421 e. The van der Waals surface area contributed by atoms with E-state index in [0.29, 0.717) is 25.6 Å². The SMILES string of the molecule is CCNC(=NCCn1cccc1)NCCOc1ncccc1C(F)(F)F.I. The first kappa shape index (κ1) is 23.1.